The third-order valence-corrected chi connectivity index (χ3v) is 1.98. The van der Waals surface area contributed by atoms with Crippen LogP contribution < -0.4 is 0 Å². The van der Waals surface area contributed by atoms with Gasteiger partial charge in [0, 0.05) is 0 Å². The maximum absolute atomic E-state index is 10.8. The van der Waals surface area contributed by atoms with Crippen LogP contribution in [0.25, 0.3) is 0 Å². The molecular weight excluding hydrogens is 328 g/mol. The van der Waals surface area contributed by atoms with Crippen LogP contribution >= 0.6 is 0 Å². The number of carboxylic acid groups (broad SMARTS) is 2. The number of aliphatic hydroxyl groups is 2. The summed E-state index contributed by atoms with van der Waals surface area (Å²) >= 11 is 0. The molecule has 0 heterocycles. The van der Waals surface area contributed by atoms with Crippen LogP contribution in [0, 0.1) is 0 Å². The van der Waals surface area contributed by atoms with Crippen molar-refractivity contribution in [3.63, 3.8) is 0 Å². The first-order chi connectivity index (χ1) is 10.9. The van der Waals surface area contributed by atoms with E-state index in [0.717, 1.165) is 0 Å². The number of ether oxygens (including phenoxy) is 2. The Bertz CT molecular complexity index is 389. The van der Waals surface area contributed by atoms with Crippen LogP contribution in [0.5, 0.6) is 0 Å². The summed E-state index contributed by atoms with van der Waals surface area (Å²) in [6, 6.07) is 0. The zero-order chi connectivity index (χ0) is 19.4. The molecule has 0 radical (unpaired) electrons. The molecule has 0 spiro atoms. The summed E-state index contributed by atoms with van der Waals surface area (Å²) in [7, 11) is 0. The minimum atomic E-state index is -1.56. The zero-order valence-corrected chi connectivity index (χ0v) is 14.0. The van der Waals surface area contributed by atoms with Crippen LogP contribution in [0.3, 0.4) is 0 Å². The third kappa shape index (κ3) is 14.7. The summed E-state index contributed by atoms with van der Waals surface area (Å²) in [5.74, 6) is -4.26. The lowest BCUT2D eigenvalue weighted by Gasteiger charge is -2.10. The van der Waals surface area contributed by atoms with Crippen molar-refractivity contribution in [2.75, 3.05) is 0 Å². The lowest BCUT2D eigenvalue weighted by atomic mass is 10.2. The molecule has 2 atom stereocenters. The number of rotatable bonds is 8. The number of aliphatic carboxylic acids is 2. The molecule has 0 fully saturated rings. The Labute approximate surface area is 139 Å². The summed E-state index contributed by atoms with van der Waals surface area (Å²) in [5, 5.41) is 34.2. The first-order valence-electron chi connectivity index (χ1n) is 7.07. The average molecular weight is 352 g/mol. The van der Waals surface area contributed by atoms with E-state index in [1.165, 1.54) is 0 Å². The van der Waals surface area contributed by atoms with Gasteiger partial charge in [0.1, 0.15) is 0 Å². The molecule has 0 aliphatic heterocycles. The molecule has 0 amide bonds. The monoisotopic (exact) mass is 352 g/mol. The molecule has 0 bridgehead atoms. The number of carbonyl (C=O) groups is 4. The van der Waals surface area contributed by atoms with E-state index < -0.39 is 48.9 Å². The Morgan fingerprint density at radius 1 is 0.708 bits per heavy atom. The van der Waals surface area contributed by atoms with Gasteiger partial charge in [0.25, 0.3) is 0 Å². The second-order valence-electron chi connectivity index (χ2n) is 5.20. The summed E-state index contributed by atoms with van der Waals surface area (Å²) < 4.78 is 9.12. The van der Waals surface area contributed by atoms with Crippen LogP contribution in [-0.4, -0.2) is 68.7 Å². The first kappa shape index (κ1) is 24.1. The van der Waals surface area contributed by atoms with E-state index in [1.807, 2.05) is 0 Å². The van der Waals surface area contributed by atoms with Crippen molar-refractivity contribution >= 4 is 23.9 Å². The van der Waals surface area contributed by atoms with Gasteiger partial charge in [-0.2, -0.15) is 0 Å². The fourth-order valence-corrected chi connectivity index (χ4v) is 1.12. The van der Waals surface area contributed by atoms with Gasteiger partial charge < -0.3 is 29.9 Å². The van der Waals surface area contributed by atoms with E-state index in [9.17, 15) is 19.2 Å². The normalized spacial score (nSPS) is 12.7. The topological polar surface area (TPSA) is 168 Å². The molecular formula is C14H24O10. The minimum Gasteiger partial charge on any atom is -0.481 e. The van der Waals surface area contributed by atoms with Crippen LogP contribution in [0.1, 0.15) is 40.5 Å². The number of carboxylic acids is 2. The second-order valence-corrected chi connectivity index (χ2v) is 5.20. The van der Waals surface area contributed by atoms with E-state index >= 15 is 0 Å². The van der Waals surface area contributed by atoms with Gasteiger partial charge in [-0.3, -0.25) is 9.59 Å². The average Bonchev–Trinajstić information content (AvgIpc) is 2.36. The molecule has 0 aliphatic rings. The predicted molar refractivity (Wildman–Crippen MR) is 79.0 cm³/mol. The molecule has 0 rings (SSSR count). The lowest BCUT2D eigenvalue weighted by Crippen LogP contribution is -2.27. The predicted octanol–water partition coefficient (Wildman–Crippen LogP) is -0.453. The van der Waals surface area contributed by atoms with Crippen molar-refractivity contribution in [3.8, 4) is 0 Å². The maximum Gasteiger partial charge on any atom is 0.335 e. The largest absolute Gasteiger partial charge is 0.481 e. The van der Waals surface area contributed by atoms with Crippen LogP contribution in [0.15, 0.2) is 0 Å². The summed E-state index contributed by atoms with van der Waals surface area (Å²) in [6.07, 6.45) is -5.06. The minimum absolute atomic E-state index is 0.346. The van der Waals surface area contributed by atoms with Crippen molar-refractivity contribution in [2.45, 2.75) is 65.0 Å². The van der Waals surface area contributed by atoms with Gasteiger partial charge >= 0.3 is 23.9 Å². The molecule has 140 valence electrons. The molecule has 4 N–H and O–H groups in total. The lowest BCUT2D eigenvalue weighted by molar-refractivity contribution is -0.161. The van der Waals surface area contributed by atoms with Crippen LogP contribution in [-0.2, 0) is 28.7 Å². The van der Waals surface area contributed by atoms with Crippen molar-refractivity contribution in [1.29, 1.82) is 0 Å². The van der Waals surface area contributed by atoms with Crippen molar-refractivity contribution in [1.82, 2.24) is 0 Å². The summed E-state index contributed by atoms with van der Waals surface area (Å²) in [6.45, 7) is 6.47. The van der Waals surface area contributed by atoms with Gasteiger partial charge in [-0.05, 0) is 27.7 Å². The van der Waals surface area contributed by atoms with E-state index in [-0.39, 0.29) is 12.2 Å². The molecule has 2 unspecified atom stereocenters. The third-order valence-electron chi connectivity index (χ3n) is 1.98. The number of carbonyl (C=O) groups excluding carboxylic acids is 2. The van der Waals surface area contributed by atoms with Crippen molar-refractivity contribution in [3.05, 3.63) is 0 Å². The Morgan fingerprint density at radius 3 is 1.12 bits per heavy atom. The van der Waals surface area contributed by atoms with Gasteiger partial charge in [-0.15, -0.1) is 0 Å². The Hall–Kier alpha value is -2.20. The standard InChI is InChI=1S/2C7H12O5/c2*1-4(2)12-7(11)5(8)3-6(9)10/h2*4-5,8H,3H2,1-2H3,(H,9,10). The fraction of sp³-hybridized carbons (Fsp3) is 0.714. The summed E-state index contributed by atoms with van der Waals surface area (Å²) in [5.41, 5.74) is 0. The highest BCUT2D eigenvalue weighted by molar-refractivity contribution is 5.81. The van der Waals surface area contributed by atoms with Gasteiger partial charge in [-0.25, -0.2) is 9.59 Å². The molecule has 0 aromatic rings. The van der Waals surface area contributed by atoms with Gasteiger partial charge in [0.15, 0.2) is 12.2 Å². The Balaban J connectivity index is 0. The maximum atomic E-state index is 10.8. The van der Waals surface area contributed by atoms with E-state index in [0.29, 0.717) is 0 Å². The first-order valence-corrected chi connectivity index (χ1v) is 7.07. The molecule has 0 aromatic carbocycles. The molecule has 0 saturated carbocycles. The van der Waals surface area contributed by atoms with E-state index in [2.05, 4.69) is 9.47 Å². The number of hydrogen-bond donors (Lipinski definition) is 4. The van der Waals surface area contributed by atoms with E-state index in [4.69, 9.17) is 20.4 Å². The van der Waals surface area contributed by atoms with Crippen molar-refractivity contribution < 1.29 is 49.1 Å². The van der Waals surface area contributed by atoms with Crippen molar-refractivity contribution in [2.24, 2.45) is 0 Å². The second kappa shape index (κ2) is 12.3. The van der Waals surface area contributed by atoms with Crippen LogP contribution in [0.2, 0.25) is 0 Å². The molecule has 0 aromatic heterocycles. The highest BCUT2D eigenvalue weighted by Crippen LogP contribution is 1.99. The quantitative estimate of drug-likeness (QED) is 0.420. The Morgan fingerprint density at radius 2 is 0.958 bits per heavy atom. The van der Waals surface area contributed by atoms with Gasteiger partial charge in [0.05, 0.1) is 25.0 Å². The molecule has 0 aliphatic carbocycles. The van der Waals surface area contributed by atoms with Gasteiger partial charge in [0.2, 0.25) is 0 Å². The SMILES string of the molecule is CC(C)OC(=O)C(O)CC(=O)O.CC(C)OC(=O)C(O)CC(=O)O. The highest BCUT2D eigenvalue weighted by Gasteiger charge is 2.21. The molecule has 24 heavy (non-hydrogen) atoms. The smallest absolute Gasteiger partial charge is 0.335 e. The fourth-order valence-electron chi connectivity index (χ4n) is 1.12. The van der Waals surface area contributed by atoms with E-state index in [1.54, 1.807) is 27.7 Å². The Kier molecular flexibility index (Phi) is 12.3. The zero-order valence-electron chi connectivity index (χ0n) is 14.0. The number of aliphatic hydroxyl groups excluding tert-OH is 2. The molecule has 10 nitrogen and oxygen atoms in total. The highest BCUT2D eigenvalue weighted by atomic mass is 16.6. The number of esters is 2. The summed E-state index contributed by atoms with van der Waals surface area (Å²) in [4.78, 5) is 41.6. The molecule has 10 heteroatoms. The number of hydrogen-bond acceptors (Lipinski definition) is 8. The van der Waals surface area contributed by atoms with Gasteiger partial charge in [-0.1, -0.05) is 0 Å². The molecule has 0 saturated heterocycles. The van der Waals surface area contributed by atoms with Crippen LogP contribution in [0.4, 0.5) is 0 Å².